The highest BCUT2D eigenvalue weighted by atomic mass is 16.6. The van der Waals surface area contributed by atoms with Crippen LogP contribution in [0.1, 0.15) is 34.1 Å². The smallest absolute Gasteiger partial charge is 0.414 e. The van der Waals surface area contributed by atoms with E-state index in [0.717, 1.165) is 0 Å². The molecule has 0 atom stereocenters. The minimum absolute atomic E-state index is 0.186. The van der Waals surface area contributed by atoms with E-state index in [1.807, 2.05) is 0 Å². The van der Waals surface area contributed by atoms with Crippen molar-refractivity contribution >= 4 is 24.0 Å². The minimum Gasteiger partial charge on any atom is -0.450 e. The van der Waals surface area contributed by atoms with Crippen LogP contribution in [0, 0.1) is 0 Å². The van der Waals surface area contributed by atoms with Crippen LogP contribution < -0.4 is 21.3 Å². The van der Waals surface area contributed by atoms with Gasteiger partial charge in [0.2, 0.25) is 0 Å². The molecule has 0 aliphatic carbocycles. The van der Waals surface area contributed by atoms with Gasteiger partial charge in [0, 0.05) is 36.6 Å². The minimum atomic E-state index is -0.787. The number of allylic oxidation sites excluding steroid dienone is 2. The zero-order valence-electron chi connectivity index (χ0n) is 16.1. The second-order valence-corrected chi connectivity index (χ2v) is 5.28. The number of carbonyl (C=O) groups is 4. The molecule has 10 nitrogen and oxygen atoms in total. The van der Waals surface area contributed by atoms with Crippen molar-refractivity contribution in [2.45, 2.75) is 34.1 Å². The molecule has 0 fully saturated rings. The van der Waals surface area contributed by atoms with Gasteiger partial charge in [-0.3, -0.25) is 20.2 Å². The Labute approximate surface area is 158 Å². The first-order chi connectivity index (χ1) is 12.8. The number of ether oxygens (including phenoxy) is 2. The molecule has 0 spiro atoms. The third-order valence-electron chi connectivity index (χ3n) is 2.86. The molecule has 4 N–H and O–H groups in total. The molecule has 0 aromatic rings. The number of imide groups is 2. The van der Waals surface area contributed by atoms with Gasteiger partial charge in [-0.2, -0.15) is 0 Å². The molecule has 0 heterocycles. The van der Waals surface area contributed by atoms with E-state index in [-0.39, 0.29) is 13.2 Å². The maximum absolute atomic E-state index is 11.5. The quantitative estimate of drug-likeness (QED) is 0.322. The molecule has 0 aromatic heterocycles. The van der Waals surface area contributed by atoms with Crippen molar-refractivity contribution in [3.05, 3.63) is 23.5 Å². The van der Waals surface area contributed by atoms with E-state index in [9.17, 15) is 19.2 Å². The molecule has 0 radical (unpaired) electrons. The molecule has 0 bridgehead atoms. The Balaban J connectivity index is 4.03. The number of amides is 4. The Hall–Kier alpha value is -3.04. The fourth-order valence-corrected chi connectivity index (χ4v) is 1.76. The second-order valence-electron chi connectivity index (χ2n) is 5.28. The standard InChI is InChI=1S/C17H28N4O6/c1-5-26-16(24)20-14(22)10-12(3)18-8-7-9-19-13(4)11-15(23)21-17(25)27-6-2/h10-11,18-19H,5-9H2,1-4H3,(H,20,22,24)(H,21,23,25)/b12-10-,13-11+. The fourth-order valence-electron chi connectivity index (χ4n) is 1.76. The summed E-state index contributed by atoms with van der Waals surface area (Å²) in [4.78, 5) is 45.2. The van der Waals surface area contributed by atoms with Crippen molar-refractivity contribution in [2.75, 3.05) is 26.3 Å². The van der Waals surface area contributed by atoms with Crippen LogP contribution in [-0.4, -0.2) is 50.3 Å². The van der Waals surface area contributed by atoms with Gasteiger partial charge < -0.3 is 20.1 Å². The number of rotatable bonds is 10. The zero-order valence-corrected chi connectivity index (χ0v) is 16.1. The van der Waals surface area contributed by atoms with Gasteiger partial charge in [0.25, 0.3) is 11.8 Å². The van der Waals surface area contributed by atoms with E-state index in [4.69, 9.17) is 0 Å². The average Bonchev–Trinajstić information content (AvgIpc) is 2.54. The summed E-state index contributed by atoms with van der Waals surface area (Å²) in [6, 6.07) is 0. The predicted octanol–water partition coefficient (Wildman–Crippen LogP) is 0.909. The SMILES string of the molecule is CCOC(=O)NC(=O)/C=C(/C)NCCCN/C(C)=C/C(=O)NC(=O)OCC. The third-order valence-corrected chi connectivity index (χ3v) is 2.86. The Morgan fingerprint density at radius 2 is 1.11 bits per heavy atom. The van der Waals surface area contributed by atoms with Gasteiger partial charge in [-0.1, -0.05) is 0 Å². The van der Waals surface area contributed by atoms with E-state index in [0.29, 0.717) is 30.9 Å². The van der Waals surface area contributed by atoms with Gasteiger partial charge in [0.05, 0.1) is 13.2 Å². The molecule has 0 unspecified atom stereocenters. The van der Waals surface area contributed by atoms with Gasteiger partial charge >= 0.3 is 12.2 Å². The molecule has 27 heavy (non-hydrogen) atoms. The molecular formula is C17H28N4O6. The van der Waals surface area contributed by atoms with Crippen LogP contribution in [0.2, 0.25) is 0 Å². The summed E-state index contributed by atoms with van der Waals surface area (Å²) in [6.45, 7) is 8.20. The predicted molar refractivity (Wildman–Crippen MR) is 98.5 cm³/mol. The Kier molecular flexibility index (Phi) is 12.6. The van der Waals surface area contributed by atoms with Crippen molar-refractivity contribution in [1.82, 2.24) is 21.3 Å². The average molecular weight is 384 g/mol. The molecule has 10 heteroatoms. The van der Waals surface area contributed by atoms with Gasteiger partial charge in [0.15, 0.2) is 0 Å². The van der Waals surface area contributed by atoms with Crippen LogP contribution in [0.5, 0.6) is 0 Å². The van der Waals surface area contributed by atoms with Crippen LogP contribution in [0.4, 0.5) is 9.59 Å². The first kappa shape index (κ1) is 24.0. The van der Waals surface area contributed by atoms with Crippen molar-refractivity contribution in [2.24, 2.45) is 0 Å². The topological polar surface area (TPSA) is 135 Å². The Morgan fingerprint density at radius 3 is 1.44 bits per heavy atom. The summed E-state index contributed by atoms with van der Waals surface area (Å²) in [7, 11) is 0. The van der Waals surface area contributed by atoms with Crippen molar-refractivity contribution < 1.29 is 28.7 Å². The lowest BCUT2D eigenvalue weighted by Gasteiger charge is -2.09. The van der Waals surface area contributed by atoms with Gasteiger partial charge in [-0.25, -0.2) is 9.59 Å². The third kappa shape index (κ3) is 13.9. The highest BCUT2D eigenvalue weighted by molar-refractivity contribution is 5.99. The van der Waals surface area contributed by atoms with Crippen LogP contribution in [0.3, 0.4) is 0 Å². The van der Waals surface area contributed by atoms with Gasteiger partial charge in [0.1, 0.15) is 0 Å². The molecule has 4 amide bonds. The number of hydrogen-bond donors (Lipinski definition) is 4. The molecule has 152 valence electrons. The first-order valence-corrected chi connectivity index (χ1v) is 8.58. The molecule has 0 saturated heterocycles. The molecule has 0 rings (SSSR count). The highest BCUT2D eigenvalue weighted by Gasteiger charge is 2.06. The Morgan fingerprint density at radius 1 is 0.741 bits per heavy atom. The van der Waals surface area contributed by atoms with Crippen LogP contribution in [0.15, 0.2) is 23.5 Å². The van der Waals surface area contributed by atoms with E-state index in [2.05, 4.69) is 30.7 Å². The highest BCUT2D eigenvalue weighted by Crippen LogP contribution is 1.91. The van der Waals surface area contributed by atoms with Crippen molar-refractivity contribution in [3.8, 4) is 0 Å². The van der Waals surface area contributed by atoms with Crippen LogP contribution in [-0.2, 0) is 19.1 Å². The first-order valence-electron chi connectivity index (χ1n) is 8.58. The normalized spacial score (nSPS) is 11.3. The second kappa shape index (κ2) is 14.2. The zero-order chi connectivity index (χ0) is 20.7. The van der Waals surface area contributed by atoms with E-state index >= 15 is 0 Å². The maximum atomic E-state index is 11.5. The number of nitrogens with one attached hydrogen (secondary N) is 4. The summed E-state index contributed by atoms with van der Waals surface area (Å²) in [6.07, 6.45) is 1.65. The summed E-state index contributed by atoms with van der Waals surface area (Å²) in [5, 5.41) is 10.2. The molecule has 0 saturated carbocycles. The summed E-state index contributed by atoms with van der Waals surface area (Å²) >= 11 is 0. The van der Waals surface area contributed by atoms with Gasteiger partial charge in [-0.05, 0) is 34.1 Å². The van der Waals surface area contributed by atoms with Crippen molar-refractivity contribution in [1.29, 1.82) is 0 Å². The lowest BCUT2D eigenvalue weighted by Crippen LogP contribution is -2.31. The number of alkyl carbamates (subject to hydrolysis) is 2. The lowest BCUT2D eigenvalue weighted by molar-refractivity contribution is -0.116. The summed E-state index contributed by atoms with van der Waals surface area (Å²) in [5.74, 6) is -1.13. The molecule has 0 aliphatic heterocycles. The van der Waals surface area contributed by atoms with Crippen LogP contribution in [0.25, 0.3) is 0 Å². The monoisotopic (exact) mass is 384 g/mol. The number of carbonyl (C=O) groups excluding carboxylic acids is 4. The lowest BCUT2D eigenvalue weighted by atomic mass is 10.3. The van der Waals surface area contributed by atoms with E-state index in [1.54, 1.807) is 27.7 Å². The summed E-state index contributed by atoms with van der Waals surface area (Å²) in [5.41, 5.74) is 1.19. The maximum Gasteiger partial charge on any atom is 0.414 e. The molecular weight excluding hydrogens is 356 g/mol. The molecule has 0 aromatic carbocycles. The van der Waals surface area contributed by atoms with E-state index < -0.39 is 24.0 Å². The fraction of sp³-hybridized carbons (Fsp3) is 0.529. The van der Waals surface area contributed by atoms with Crippen molar-refractivity contribution in [3.63, 3.8) is 0 Å². The molecule has 0 aliphatic rings. The van der Waals surface area contributed by atoms with Gasteiger partial charge in [-0.15, -0.1) is 0 Å². The Bertz CT molecular complexity index is 536. The van der Waals surface area contributed by atoms with Crippen LogP contribution >= 0.6 is 0 Å². The number of hydrogen-bond acceptors (Lipinski definition) is 8. The summed E-state index contributed by atoms with van der Waals surface area (Å²) < 4.78 is 9.20. The van der Waals surface area contributed by atoms with E-state index in [1.165, 1.54) is 12.2 Å². The largest absolute Gasteiger partial charge is 0.450 e.